The molecule has 7 nitrogen and oxygen atoms in total. The lowest BCUT2D eigenvalue weighted by atomic mass is 9.94. The summed E-state index contributed by atoms with van der Waals surface area (Å²) in [7, 11) is 0. The van der Waals surface area contributed by atoms with Gasteiger partial charge >= 0.3 is 6.18 Å². The number of aromatic amines is 1. The summed E-state index contributed by atoms with van der Waals surface area (Å²) in [5, 5.41) is 10.7. The van der Waals surface area contributed by atoms with Gasteiger partial charge in [-0.25, -0.2) is 4.98 Å². The summed E-state index contributed by atoms with van der Waals surface area (Å²) in [6.07, 6.45) is -3.84. The van der Waals surface area contributed by atoms with Gasteiger partial charge in [0.1, 0.15) is 18.2 Å². The molecule has 1 fully saturated rings. The van der Waals surface area contributed by atoms with Gasteiger partial charge in [0.25, 0.3) is 11.5 Å². The van der Waals surface area contributed by atoms with Crippen LogP contribution in [0.25, 0.3) is 0 Å². The summed E-state index contributed by atoms with van der Waals surface area (Å²) in [4.78, 5) is 35.7. The Morgan fingerprint density at radius 1 is 1.05 bits per heavy atom. The maximum absolute atomic E-state index is 13.4. The standard InChI is InChI=1S/C33H30F3N3O4/c34-33(35,36)24-11-4-9-22(17-24)28(40)30(42)39-16-6-13-27-26(19-39)29(41)38-31(37-27)32(14-15-32)23-10-5-12-25(18-23)43-20-21-7-2-1-3-8-21/h1-5,7-12,17-18,28,40H,6,13-16,19-20H2,(H,37,38,41). The third-order valence-corrected chi connectivity index (χ3v) is 8.21. The molecule has 1 aromatic heterocycles. The summed E-state index contributed by atoms with van der Waals surface area (Å²) < 4.78 is 45.5. The molecule has 222 valence electrons. The Hall–Kier alpha value is -4.44. The number of ether oxygens (including phenoxy) is 1. The van der Waals surface area contributed by atoms with Crippen LogP contribution in [0.1, 0.15) is 64.7 Å². The number of fused-ring (bicyclic) bond motifs is 1. The van der Waals surface area contributed by atoms with E-state index in [9.17, 15) is 27.9 Å². The molecule has 3 aromatic carbocycles. The second-order valence-corrected chi connectivity index (χ2v) is 11.1. The molecule has 1 atom stereocenters. The number of H-pyrrole nitrogens is 1. The number of carbonyl (C=O) groups is 1. The molecule has 2 N–H and O–H groups in total. The molecule has 10 heteroatoms. The van der Waals surface area contributed by atoms with Gasteiger partial charge in [-0.05, 0) is 66.6 Å². The van der Waals surface area contributed by atoms with E-state index >= 15 is 0 Å². The highest BCUT2D eigenvalue weighted by molar-refractivity contribution is 5.82. The van der Waals surface area contributed by atoms with E-state index in [4.69, 9.17) is 9.72 Å². The molecule has 43 heavy (non-hydrogen) atoms. The number of carbonyl (C=O) groups excluding carboxylic acids is 1. The van der Waals surface area contributed by atoms with Crippen LogP contribution < -0.4 is 10.3 Å². The molecule has 2 aliphatic rings. The normalized spacial score (nSPS) is 16.6. The van der Waals surface area contributed by atoms with Crippen LogP contribution in [0.2, 0.25) is 0 Å². The predicted octanol–water partition coefficient (Wildman–Crippen LogP) is 5.46. The maximum atomic E-state index is 13.4. The van der Waals surface area contributed by atoms with Gasteiger partial charge in [-0.3, -0.25) is 9.59 Å². The van der Waals surface area contributed by atoms with Crippen LogP contribution in [0.3, 0.4) is 0 Å². The van der Waals surface area contributed by atoms with Crippen molar-refractivity contribution in [2.45, 2.75) is 56.5 Å². The smallest absolute Gasteiger partial charge is 0.416 e. The first kappa shape index (κ1) is 28.7. The van der Waals surface area contributed by atoms with Crippen LogP contribution >= 0.6 is 0 Å². The summed E-state index contributed by atoms with van der Waals surface area (Å²) in [6.45, 7) is 0.567. The van der Waals surface area contributed by atoms with Gasteiger partial charge in [-0.2, -0.15) is 13.2 Å². The minimum atomic E-state index is -4.60. The molecule has 2 heterocycles. The van der Waals surface area contributed by atoms with Crippen LogP contribution in [-0.4, -0.2) is 32.4 Å². The fraction of sp³-hybridized carbons (Fsp3) is 0.303. The molecule has 1 aliphatic carbocycles. The van der Waals surface area contributed by atoms with Crippen LogP contribution in [0.5, 0.6) is 5.75 Å². The minimum Gasteiger partial charge on any atom is -0.489 e. The lowest BCUT2D eigenvalue weighted by Gasteiger charge is -2.24. The summed E-state index contributed by atoms with van der Waals surface area (Å²) in [5.74, 6) is 0.528. The number of amides is 1. The Morgan fingerprint density at radius 3 is 2.56 bits per heavy atom. The molecule has 6 rings (SSSR count). The molecular weight excluding hydrogens is 559 g/mol. The first-order chi connectivity index (χ1) is 20.6. The minimum absolute atomic E-state index is 0.0946. The second-order valence-electron chi connectivity index (χ2n) is 11.1. The number of hydrogen-bond donors (Lipinski definition) is 2. The van der Waals surface area contributed by atoms with E-state index in [2.05, 4.69) is 4.98 Å². The first-order valence-electron chi connectivity index (χ1n) is 14.2. The van der Waals surface area contributed by atoms with Gasteiger partial charge in [-0.1, -0.05) is 54.6 Å². The largest absolute Gasteiger partial charge is 0.489 e. The number of hydrogen-bond acceptors (Lipinski definition) is 5. The van der Waals surface area contributed by atoms with Crippen molar-refractivity contribution in [2.75, 3.05) is 6.54 Å². The zero-order chi connectivity index (χ0) is 30.2. The van der Waals surface area contributed by atoms with E-state index in [1.54, 1.807) is 0 Å². The molecule has 4 aromatic rings. The van der Waals surface area contributed by atoms with Crippen molar-refractivity contribution in [2.24, 2.45) is 0 Å². The van der Waals surface area contributed by atoms with Crippen LogP contribution in [0.15, 0.2) is 83.7 Å². The van der Waals surface area contributed by atoms with E-state index in [1.807, 2.05) is 54.6 Å². The number of rotatable bonds is 7. The number of alkyl halides is 3. The fourth-order valence-corrected chi connectivity index (χ4v) is 5.65. The highest BCUT2D eigenvalue weighted by Gasteiger charge is 2.49. The SMILES string of the molecule is O=C(C(O)c1cccc(C(F)(F)F)c1)N1CCCc2nc(C3(c4cccc(OCc5ccccc5)c4)CC3)[nH]c(=O)c2C1. The van der Waals surface area contributed by atoms with E-state index < -0.39 is 29.2 Å². The van der Waals surface area contributed by atoms with Crippen LogP contribution in [0, 0.1) is 0 Å². The number of aryl methyl sites for hydroxylation is 1. The van der Waals surface area contributed by atoms with Crippen molar-refractivity contribution in [3.8, 4) is 5.75 Å². The van der Waals surface area contributed by atoms with Gasteiger partial charge in [0, 0.05) is 6.54 Å². The van der Waals surface area contributed by atoms with E-state index in [0.717, 1.165) is 47.9 Å². The maximum Gasteiger partial charge on any atom is 0.416 e. The average Bonchev–Trinajstić information content (AvgIpc) is 3.84. The van der Waals surface area contributed by atoms with E-state index in [-0.39, 0.29) is 24.2 Å². The van der Waals surface area contributed by atoms with Crippen LogP contribution in [-0.2, 0) is 36.0 Å². The highest BCUT2D eigenvalue weighted by Crippen LogP contribution is 2.52. The number of aliphatic hydroxyl groups excluding tert-OH is 1. The van der Waals surface area contributed by atoms with Gasteiger partial charge in [-0.15, -0.1) is 0 Å². The molecule has 0 saturated heterocycles. The second kappa shape index (κ2) is 11.3. The zero-order valence-corrected chi connectivity index (χ0v) is 23.2. The van der Waals surface area contributed by atoms with E-state index in [1.165, 1.54) is 11.0 Å². The van der Waals surface area contributed by atoms with Gasteiger partial charge in [0.15, 0.2) is 6.10 Å². The highest BCUT2D eigenvalue weighted by atomic mass is 19.4. The third-order valence-electron chi connectivity index (χ3n) is 8.21. The summed E-state index contributed by atoms with van der Waals surface area (Å²) in [5.41, 5.74) is 1.05. The predicted molar refractivity (Wildman–Crippen MR) is 152 cm³/mol. The third kappa shape index (κ3) is 5.92. The van der Waals surface area contributed by atoms with Crippen molar-refractivity contribution in [1.82, 2.24) is 14.9 Å². The van der Waals surface area contributed by atoms with Crippen molar-refractivity contribution in [3.05, 3.63) is 129 Å². The molecule has 1 unspecified atom stereocenters. The number of aromatic nitrogens is 2. The van der Waals surface area contributed by atoms with Gasteiger partial charge < -0.3 is 19.7 Å². The molecule has 1 amide bonds. The lowest BCUT2D eigenvalue weighted by Crippen LogP contribution is -2.36. The van der Waals surface area contributed by atoms with Gasteiger partial charge in [0.05, 0.1) is 28.8 Å². The number of halogens is 3. The Kier molecular flexibility index (Phi) is 7.56. The molecule has 1 aliphatic heterocycles. The van der Waals surface area contributed by atoms with Crippen LogP contribution in [0.4, 0.5) is 13.2 Å². The molecule has 0 spiro atoms. The molecule has 1 saturated carbocycles. The number of benzene rings is 3. The topological polar surface area (TPSA) is 95.5 Å². The van der Waals surface area contributed by atoms with Crippen molar-refractivity contribution >= 4 is 5.91 Å². The fourth-order valence-electron chi connectivity index (χ4n) is 5.65. The molecule has 0 bridgehead atoms. The van der Waals surface area contributed by atoms with Crippen molar-refractivity contribution in [1.29, 1.82) is 0 Å². The summed E-state index contributed by atoms with van der Waals surface area (Å²) in [6, 6.07) is 21.8. The van der Waals surface area contributed by atoms with Crippen molar-refractivity contribution in [3.63, 3.8) is 0 Å². The van der Waals surface area contributed by atoms with Gasteiger partial charge in [0.2, 0.25) is 0 Å². The first-order valence-corrected chi connectivity index (χ1v) is 14.2. The van der Waals surface area contributed by atoms with E-state index in [0.29, 0.717) is 36.5 Å². The Morgan fingerprint density at radius 2 is 1.81 bits per heavy atom. The molecule has 0 radical (unpaired) electrons. The lowest BCUT2D eigenvalue weighted by molar-refractivity contribution is -0.142. The summed E-state index contributed by atoms with van der Waals surface area (Å²) >= 11 is 0. The average molecular weight is 590 g/mol. The Labute approximate surface area is 246 Å². The number of nitrogens with one attached hydrogen (secondary N) is 1. The Balaban J connectivity index is 1.21. The Bertz CT molecular complexity index is 1700. The monoisotopic (exact) mass is 589 g/mol. The number of aliphatic hydroxyl groups is 1. The number of nitrogens with zero attached hydrogens (tertiary/aromatic N) is 2. The molecular formula is C33H30F3N3O4. The zero-order valence-electron chi connectivity index (χ0n) is 23.2. The quantitative estimate of drug-likeness (QED) is 0.299. The van der Waals surface area contributed by atoms with Crippen molar-refractivity contribution < 1.29 is 27.8 Å².